The molecule has 2 amide bonds. The van der Waals surface area contributed by atoms with Crippen LogP contribution in [-0.4, -0.2) is 35.0 Å². The fraction of sp³-hybridized carbons (Fsp3) is 0.286. The number of benzene rings is 2. The molecule has 1 N–H and O–H groups in total. The minimum atomic E-state index is -4.43. The molecule has 0 spiro atoms. The number of likely N-dealkylation sites (tertiary alicyclic amines) is 1. The number of rotatable bonds is 5. The molecule has 1 aromatic heterocycles. The summed E-state index contributed by atoms with van der Waals surface area (Å²) in [6.45, 7) is 1.32. The van der Waals surface area contributed by atoms with Crippen molar-refractivity contribution in [1.82, 2.24) is 15.2 Å². The number of nitrogens with one attached hydrogen (secondary N) is 1. The first-order valence-electron chi connectivity index (χ1n) is 12.0. The van der Waals surface area contributed by atoms with Crippen LogP contribution < -0.4 is 10.1 Å². The van der Waals surface area contributed by atoms with Crippen LogP contribution in [0.25, 0.3) is 6.08 Å². The maximum atomic E-state index is 12.7. The predicted octanol–water partition coefficient (Wildman–Crippen LogP) is 6.64. The minimum Gasteiger partial charge on any atom is -0.439 e. The quantitative estimate of drug-likeness (QED) is 0.434. The van der Waals surface area contributed by atoms with E-state index >= 15 is 0 Å². The first-order valence-corrected chi connectivity index (χ1v) is 12.0. The molecule has 5 nitrogen and oxygen atoms in total. The molecule has 36 heavy (non-hydrogen) atoms. The summed E-state index contributed by atoms with van der Waals surface area (Å²) in [5, 5.41) is 3.16. The lowest BCUT2D eigenvalue weighted by Gasteiger charge is -2.28. The van der Waals surface area contributed by atoms with Crippen molar-refractivity contribution in [3.8, 4) is 11.6 Å². The van der Waals surface area contributed by atoms with Gasteiger partial charge in [-0.1, -0.05) is 54.1 Å². The molecule has 1 aliphatic heterocycles. The molecule has 0 bridgehead atoms. The van der Waals surface area contributed by atoms with E-state index in [2.05, 4.69) is 28.5 Å². The summed E-state index contributed by atoms with van der Waals surface area (Å²) in [6, 6.07) is 19.9. The van der Waals surface area contributed by atoms with Crippen molar-refractivity contribution in [2.75, 3.05) is 13.1 Å². The van der Waals surface area contributed by atoms with E-state index in [1.807, 2.05) is 41.3 Å². The van der Waals surface area contributed by atoms with E-state index in [1.165, 1.54) is 17.2 Å². The number of alkyl halides is 3. The van der Waals surface area contributed by atoms with Crippen LogP contribution in [0.3, 0.4) is 0 Å². The summed E-state index contributed by atoms with van der Waals surface area (Å²) in [5.74, 6) is 0.991. The van der Waals surface area contributed by atoms with Crippen molar-refractivity contribution in [3.63, 3.8) is 0 Å². The Bertz CT molecular complexity index is 1230. The van der Waals surface area contributed by atoms with Gasteiger partial charge in [0.05, 0.1) is 5.56 Å². The molecular weight excluding hydrogens is 467 g/mol. The number of amides is 2. The van der Waals surface area contributed by atoms with Crippen LogP contribution in [0.5, 0.6) is 11.6 Å². The van der Waals surface area contributed by atoms with Crippen molar-refractivity contribution in [2.24, 2.45) is 0 Å². The Morgan fingerprint density at radius 2 is 1.81 bits per heavy atom. The summed E-state index contributed by atoms with van der Waals surface area (Å²) in [4.78, 5) is 18.3. The molecule has 186 valence electrons. The second-order valence-corrected chi connectivity index (χ2v) is 9.16. The Morgan fingerprint density at radius 3 is 2.50 bits per heavy atom. The van der Waals surface area contributed by atoms with Crippen LogP contribution >= 0.6 is 0 Å². The molecule has 1 saturated carbocycles. The van der Waals surface area contributed by atoms with E-state index in [0.717, 1.165) is 37.1 Å². The van der Waals surface area contributed by atoms with E-state index in [4.69, 9.17) is 4.74 Å². The van der Waals surface area contributed by atoms with Gasteiger partial charge < -0.3 is 15.0 Å². The lowest BCUT2D eigenvalue weighted by atomic mass is 10.0. The number of carbonyl (C=O) groups is 1. The molecular formula is C28H26F3N3O2. The molecule has 2 atom stereocenters. The standard InChI is InChI=1S/C28H26F3N3O2/c29-28(30,31)22-9-10-26(32-18-22)36-23-8-4-5-20(16-23)15-19-11-13-34(14-12-19)27(35)33-25-17-24(25)21-6-2-1-3-7-21/h1-10,15-16,18,24-25H,11-14,17H2,(H,33,35). The number of pyridine rings is 1. The third kappa shape index (κ3) is 5.87. The van der Waals surface area contributed by atoms with Gasteiger partial charge in [0.25, 0.3) is 0 Å². The lowest BCUT2D eigenvalue weighted by molar-refractivity contribution is -0.137. The number of halogens is 3. The number of aromatic nitrogens is 1. The summed E-state index contributed by atoms with van der Waals surface area (Å²) in [6.07, 6.45) is 0.952. The van der Waals surface area contributed by atoms with Gasteiger partial charge in [-0.05, 0) is 48.6 Å². The maximum Gasteiger partial charge on any atom is 0.417 e. The largest absolute Gasteiger partial charge is 0.439 e. The summed E-state index contributed by atoms with van der Waals surface area (Å²) >= 11 is 0. The van der Waals surface area contributed by atoms with Gasteiger partial charge in [-0.2, -0.15) is 13.2 Å². The van der Waals surface area contributed by atoms with Gasteiger partial charge in [-0.15, -0.1) is 0 Å². The van der Waals surface area contributed by atoms with Crippen molar-refractivity contribution in [3.05, 3.63) is 95.2 Å². The van der Waals surface area contributed by atoms with Crippen LogP contribution in [0.2, 0.25) is 0 Å². The molecule has 1 aliphatic carbocycles. The highest BCUT2D eigenvalue weighted by molar-refractivity contribution is 5.75. The van der Waals surface area contributed by atoms with Gasteiger partial charge in [-0.25, -0.2) is 9.78 Å². The highest BCUT2D eigenvalue weighted by Gasteiger charge is 2.40. The third-order valence-electron chi connectivity index (χ3n) is 6.53. The van der Waals surface area contributed by atoms with Crippen LogP contribution in [0.4, 0.5) is 18.0 Å². The predicted molar refractivity (Wildman–Crippen MR) is 131 cm³/mol. The molecule has 5 rings (SSSR count). The van der Waals surface area contributed by atoms with Crippen LogP contribution in [-0.2, 0) is 6.18 Å². The molecule has 2 heterocycles. The number of hydrogen-bond donors (Lipinski definition) is 1. The smallest absolute Gasteiger partial charge is 0.417 e. The number of urea groups is 1. The first-order chi connectivity index (χ1) is 17.3. The van der Waals surface area contributed by atoms with Crippen molar-refractivity contribution >= 4 is 12.1 Å². The zero-order valence-corrected chi connectivity index (χ0v) is 19.5. The number of piperidine rings is 1. The zero-order valence-electron chi connectivity index (χ0n) is 19.5. The third-order valence-corrected chi connectivity index (χ3v) is 6.53. The van der Waals surface area contributed by atoms with Crippen LogP contribution in [0, 0.1) is 0 Å². The topological polar surface area (TPSA) is 54.5 Å². The molecule has 3 aromatic rings. The van der Waals surface area contributed by atoms with Crippen molar-refractivity contribution in [2.45, 2.75) is 37.4 Å². The minimum absolute atomic E-state index is 0.00285. The molecule has 0 radical (unpaired) electrons. The summed E-state index contributed by atoms with van der Waals surface area (Å²) in [5.41, 5.74) is 2.61. The van der Waals surface area contributed by atoms with E-state index in [0.29, 0.717) is 24.8 Å². The summed E-state index contributed by atoms with van der Waals surface area (Å²) in [7, 11) is 0. The average Bonchev–Trinajstić information content (AvgIpc) is 3.64. The fourth-order valence-electron chi connectivity index (χ4n) is 4.45. The first kappa shape index (κ1) is 23.9. The van der Waals surface area contributed by atoms with Gasteiger partial charge in [0.1, 0.15) is 5.75 Å². The SMILES string of the molecule is O=C(NC1CC1c1ccccc1)N1CCC(=Cc2cccc(Oc3ccc(C(F)(F)F)cn3)c2)CC1. The average molecular weight is 494 g/mol. The van der Waals surface area contributed by atoms with Crippen molar-refractivity contribution in [1.29, 1.82) is 0 Å². The zero-order chi connectivity index (χ0) is 25.1. The van der Waals surface area contributed by atoms with Crippen LogP contribution in [0.15, 0.2) is 78.5 Å². The Balaban J connectivity index is 1.13. The van der Waals surface area contributed by atoms with Crippen LogP contribution in [0.1, 0.15) is 41.9 Å². The summed E-state index contributed by atoms with van der Waals surface area (Å²) < 4.78 is 43.8. The Kier molecular flexibility index (Phi) is 6.67. The molecule has 2 unspecified atom stereocenters. The van der Waals surface area contributed by atoms with Gasteiger partial charge in [0.2, 0.25) is 5.88 Å². The number of hydrogen-bond acceptors (Lipinski definition) is 3. The molecule has 2 aliphatic rings. The molecule has 1 saturated heterocycles. The van der Waals surface area contributed by atoms with Gasteiger partial charge in [-0.3, -0.25) is 0 Å². The highest BCUT2D eigenvalue weighted by Crippen LogP contribution is 2.40. The normalized spacial score (nSPS) is 19.5. The number of carbonyl (C=O) groups excluding carboxylic acids is 1. The number of ether oxygens (including phenoxy) is 1. The fourth-order valence-corrected chi connectivity index (χ4v) is 4.45. The Labute approximate surface area is 207 Å². The monoisotopic (exact) mass is 493 g/mol. The van der Waals surface area contributed by atoms with Gasteiger partial charge in [0, 0.05) is 37.3 Å². The maximum absolute atomic E-state index is 12.7. The second-order valence-electron chi connectivity index (χ2n) is 9.16. The molecule has 2 fully saturated rings. The highest BCUT2D eigenvalue weighted by atomic mass is 19.4. The Morgan fingerprint density at radius 1 is 1.03 bits per heavy atom. The van der Waals surface area contributed by atoms with Gasteiger partial charge in [0.15, 0.2) is 0 Å². The van der Waals surface area contributed by atoms with E-state index in [-0.39, 0.29) is 18.0 Å². The molecule has 2 aromatic carbocycles. The Hall–Kier alpha value is -3.81. The van der Waals surface area contributed by atoms with E-state index in [1.54, 1.807) is 6.07 Å². The van der Waals surface area contributed by atoms with Crippen molar-refractivity contribution < 1.29 is 22.7 Å². The molecule has 8 heteroatoms. The lowest BCUT2D eigenvalue weighted by Crippen LogP contribution is -2.44. The van der Waals surface area contributed by atoms with E-state index < -0.39 is 11.7 Å². The van der Waals surface area contributed by atoms with E-state index in [9.17, 15) is 18.0 Å². The number of nitrogens with zero attached hydrogens (tertiary/aromatic N) is 2. The second kappa shape index (κ2) is 10.0. The van der Waals surface area contributed by atoms with Gasteiger partial charge >= 0.3 is 12.2 Å².